The number of hydrogen-bond acceptors (Lipinski definition) is 2. The summed E-state index contributed by atoms with van der Waals surface area (Å²) < 4.78 is 10.7. The Morgan fingerprint density at radius 3 is 2.48 bits per heavy atom. The lowest BCUT2D eigenvalue weighted by Crippen LogP contribution is -2.03. The molecule has 0 bridgehead atoms. The Labute approximate surface area is 123 Å². The molecule has 3 aromatic rings. The molecule has 3 heteroatoms. The first-order valence-corrected chi connectivity index (χ1v) is 7.16. The van der Waals surface area contributed by atoms with Crippen LogP contribution in [-0.4, -0.2) is 19.2 Å². The van der Waals surface area contributed by atoms with Crippen LogP contribution in [0.2, 0.25) is 0 Å². The Bertz CT molecular complexity index is 833. The van der Waals surface area contributed by atoms with Crippen molar-refractivity contribution >= 4 is 10.9 Å². The van der Waals surface area contributed by atoms with E-state index in [1.165, 1.54) is 27.8 Å². The highest BCUT2D eigenvalue weighted by molar-refractivity contribution is 5.93. The van der Waals surface area contributed by atoms with Crippen molar-refractivity contribution in [3.05, 3.63) is 47.5 Å². The van der Waals surface area contributed by atoms with Crippen LogP contribution in [0.1, 0.15) is 11.1 Å². The molecular formula is C18H17NO2. The van der Waals surface area contributed by atoms with Crippen LogP contribution in [0.4, 0.5) is 0 Å². The normalized spacial score (nSPS) is 12.9. The summed E-state index contributed by atoms with van der Waals surface area (Å²) in [7, 11) is 3.41. The van der Waals surface area contributed by atoms with Crippen LogP contribution in [0.25, 0.3) is 22.2 Å². The van der Waals surface area contributed by atoms with Crippen molar-refractivity contribution < 1.29 is 9.47 Å². The van der Waals surface area contributed by atoms with Crippen LogP contribution in [0.5, 0.6) is 11.5 Å². The maximum atomic E-state index is 5.37. The van der Waals surface area contributed by atoms with E-state index >= 15 is 0 Å². The van der Waals surface area contributed by atoms with Crippen LogP contribution < -0.4 is 9.47 Å². The van der Waals surface area contributed by atoms with Crippen molar-refractivity contribution in [2.75, 3.05) is 14.2 Å². The predicted octanol–water partition coefficient (Wildman–Crippen LogP) is 3.95. The van der Waals surface area contributed by atoms with E-state index in [9.17, 15) is 0 Å². The van der Waals surface area contributed by atoms with E-state index in [1.54, 1.807) is 14.2 Å². The zero-order chi connectivity index (χ0) is 14.4. The largest absolute Gasteiger partial charge is 0.497 e. The van der Waals surface area contributed by atoms with E-state index in [-0.39, 0.29) is 0 Å². The molecule has 0 saturated carbocycles. The number of aromatic amines is 1. The molecule has 1 aliphatic rings. The second kappa shape index (κ2) is 4.55. The zero-order valence-corrected chi connectivity index (χ0v) is 12.2. The molecule has 0 amide bonds. The van der Waals surface area contributed by atoms with E-state index in [1.807, 2.05) is 12.1 Å². The summed E-state index contributed by atoms with van der Waals surface area (Å²) in [6.45, 7) is 0. The van der Waals surface area contributed by atoms with Crippen LogP contribution >= 0.6 is 0 Å². The van der Waals surface area contributed by atoms with Gasteiger partial charge in [-0.3, -0.25) is 0 Å². The molecule has 1 N–H and O–H groups in total. The fourth-order valence-corrected chi connectivity index (χ4v) is 3.24. The summed E-state index contributed by atoms with van der Waals surface area (Å²) in [4.78, 5) is 3.56. The van der Waals surface area contributed by atoms with Gasteiger partial charge in [-0.2, -0.15) is 0 Å². The highest BCUT2D eigenvalue weighted by Gasteiger charge is 2.21. The molecule has 21 heavy (non-hydrogen) atoms. The van der Waals surface area contributed by atoms with Gasteiger partial charge in [-0.1, -0.05) is 6.07 Å². The third-order valence-corrected chi connectivity index (χ3v) is 4.34. The molecule has 0 fully saturated rings. The minimum atomic E-state index is 0.881. The smallest absolute Gasteiger partial charge is 0.120 e. The molecule has 2 aromatic carbocycles. The van der Waals surface area contributed by atoms with Crippen molar-refractivity contribution in [2.24, 2.45) is 0 Å². The Hall–Kier alpha value is -2.42. The number of ether oxygens (including phenoxy) is 2. The van der Waals surface area contributed by atoms with Gasteiger partial charge in [-0.25, -0.2) is 0 Å². The molecule has 0 atom stereocenters. The minimum Gasteiger partial charge on any atom is -0.497 e. The van der Waals surface area contributed by atoms with E-state index in [0.29, 0.717) is 0 Å². The zero-order valence-electron chi connectivity index (χ0n) is 12.2. The molecule has 0 radical (unpaired) electrons. The van der Waals surface area contributed by atoms with Gasteiger partial charge in [0.25, 0.3) is 0 Å². The third kappa shape index (κ3) is 1.81. The van der Waals surface area contributed by atoms with Crippen molar-refractivity contribution in [1.82, 2.24) is 4.98 Å². The second-order valence-corrected chi connectivity index (χ2v) is 5.41. The van der Waals surface area contributed by atoms with Crippen molar-refractivity contribution in [1.29, 1.82) is 0 Å². The molecule has 1 aliphatic carbocycles. The summed E-state index contributed by atoms with van der Waals surface area (Å²) in [6.07, 6.45) is 2.15. The van der Waals surface area contributed by atoms with Gasteiger partial charge in [-0.05, 0) is 48.2 Å². The van der Waals surface area contributed by atoms with Crippen molar-refractivity contribution in [2.45, 2.75) is 12.8 Å². The number of nitrogens with one attached hydrogen (secondary N) is 1. The molecule has 0 aliphatic heterocycles. The van der Waals surface area contributed by atoms with Gasteiger partial charge in [0.2, 0.25) is 0 Å². The van der Waals surface area contributed by atoms with Gasteiger partial charge in [0.15, 0.2) is 0 Å². The first kappa shape index (κ1) is 12.3. The van der Waals surface area contributed by atoms with Gasteiger partial charge in [0.1, 0.15) is 11.5 Å². The van der Waals surface area contributed by atoms with Gasteiger partial charge < -0.3 is 14.5 Å². The summed E-state index contributed by atoms with van der Waals surface area (Å²) in [5.74, 6) is 1.78. The van der Waals surface area contributed by atoms with Gasteiger partial charge >= 0.3 is 0 Å². The lowest BCUT2D eigenvalue weighted by Gasteiger charge is -2.17. The SMILES string of the molecule is COc1ccc2c(c1)-c1[nH]c3cc(OC)ccc3c1CC2. The lowest BCUT2D eigenvalue weighted by molar-refractivity contribution is 0.414. The highest BCUT2D eigenvalue weighted by atomic mass is 16.5. The Morgan fingerprint density at radius 1 is 0.905 bits per heavy atom. The molecular weight excluding hydrogens is 262 g/mol. The van der Waals surface area contributed by atoms with E-state index in [0.717, 1.165) is 29.9 Å². The maximum absolute atomic E-state index is 5.37. The Balaban J connectivity index is 1.97. The molecule has 0 saturated heterocycles. The van der Waals surface area contributed by atoms with Crippen LogP contribution in [0.3, 0.4) is 0 Å². The molecule has 3 nitrogen and oxygen atoms in total. The van der Waals surface area contributed by atoms with E-state index in [4.69, 9.17) is 9.47 Å². The fourth-order valence-electron chi connectivity index (χ4n) is 3.24. The quantitative estimate of drug-likeness (QED) is 0.770. The van der Waals surface area contributed by atoms with Crippen LogP contribution in [-0.2, 0) is 12.8 Å². The van der Waals surface area contributed by atoms with Crippen molar-refractivity contribution in [3.8, 4) is 22.8 Å². The number of methoxy groups -OCH3 is 2. The third-order valence-electron chi connectivity index (χ3n) is 4.34. The summed E-state index contributed by atoms with van der Waals surface area (Å²) in [5.41, 5.74) is 6.38. The lowest BCUT2D eigenvalue weighted by atomic mass is 9.89. The van der Waals surface area contributed by atoms with Crippen molar-refractivity contribution in [3.63, 3.8) is 0 Å². The molecule has 106 valence electrons. The Kier molecular flexibility index (Phi) is 2.67. The number of H-pyrrole nitrogens is 1. The second-order valence-electron chi connectivity index (χ2n) is 5.41. The number of fused-ring (bicyclic) bond motifs is 5. The number of rotatable bonds is 2. The number of hydrogen-bond donors (Lipinski definition) is 1. The molecule has 1 aromatic heterocycles. The average molecular weight is 279 g/mol. The first-order valence-electron chi connectivity index (χ1n) is 7.16. The summed E-state index contributed by atoms with van der Waals surface area (Å²) in [5, 5.41) is 1.29. The highest BCUT2D eigenvalue weighted by Crippen LogP contribution is 2.39. The predicted molar refractivity (Wildman–Crippen MR) is 84.2 cm³/mol. The summed E-state index contributed by atoms with van der Waals surface area (Å²) >= 11 is 0. The summed E-state index contributed by atoms with van der Waals surface area (Å²) in [6, 6.07) is 12.6. The fraction of sp³-hybridized carbons (Fsp3) is 0.222. The molecule has 1 heterocycles. The maximum Gasteiger partial charge on any atom is 0.120 e. The monoisotopic (exact) mass is 279 g/mol. The van der Waals surface area contributed by atoms with E-state index in [2.05, 4.69) is 29.2 Å². The van der Waals surface area contributed by atoms with Crippen LogP contribution in [0.15, 0.2) is 36.4 Å². The van der Waals surface area contributed by atoms with Gasteiger partial charge in [0.05, 0.1) is 19.9 Å². The average Bonchev–Trinajstić information content (AvgIpc) is 2.92. The number of aromatic nitrogens is 1. The molecule has 4 rings (SSSR count). The molecule has 0 unspecified atom stereocenters. The standard InChI is InChI=1S/C18H17NO2/c1-20-12-5-3-11-4-7-15-14-8-6-13(21-2)10-17(14)19-18(15)16(11)9-12/h3,5-6,8-10,19H,4,7H2,1-2H3. The molecule has 0 spiro atoms. The van der Waals surface area contributed by atoms with Crippen LogP contribution in [0, 0.1) is 0 Å². The minimum absolute atomic E-state index is 0.881. The van der Waals surface area contributed by atoms with Gasteiger partial charge in [0, 0.05) is 22.5 Å². The van der Waals surface area contributed by atoms with E-state index < -0.39 is 0 Å². The topological polar surface area (TPSA) is 34.2 Å². The Morgan fingerprint density at radius 2 is 1.67 bits per heavy atom. The van der Waals surface area contributed by atoms with Gasteiger partial charge in [-0.15, -0.1) is 0 Å². The number of benzene rings is 2. The number of aryl methyl sites for hydroxylation is 2. The first-order chi connectivity index (χ1) is 10.3.